The van der Waals surface area contributed by atoms with Crippen molar-refractivity contribution in [3.8, 4) is 0 Å². The first-order valence-corrected chi connectivity index (χ1v) is 3.95. The minimum Gasteiger partial charge on any atom is -0.726 e. The van der Waals surface area contributed by atoms with Crippen molar-refractivity contribution in [1.29, 1.82) is 0 Å². The van der Waals surface area contributed by atoms with Gasteiger partial charge in [-0.3, -0.25) is 4.18 Å². The third-order valence-corrected chi connectivity index (χ3v) is 1.24. The van der Waals surface area contributed by atoms with E-state index in [1.54, 1.807) is 0 Å². The van der Waals surface area contributed by atoms with Crippen LogP contribution in [0.15, 0.2) is 0 Å². The topological polar surface area (TPSA) is 66.4 Å². The molecule has 86 valence electrons. The van der Waals surface area contributed by atoms with Crippen LogP contribution in [0.5, 0.6) is 0 Å². The van der Waals surface area contributed by atoms with Crippen molar-refractivity contribution in [1.82, 2.24) is 0 Å². The second-order valence-corrected chi connectivity index (χ2v) is 2.98. The van der Waals surface area contributed by atoms with E-state index in [0.717, 1.165) is 0 Å². The zero-order valence-corrected chi connectivity index (χ0v) is 7.70. The molecule has 0 aromatic carbocycles. The van der Waals surface area contributed by atoms with Gasteiger partial charge in [-0.1, -0.05) is 0 Å². The first kappa shape index (κ1) is 17.4. The van der Waals surface area contributed by atoms with E-state index in [1.165, 1.54) is 0 Å². The molecule has 0 amide bonds. The average Bonchev–Trinajstić information content (AvgIpc) is 1.75. The summed E-state index contributed by atoms with van der Waals surface area (Å²) >= 11 is 0. The second-order valence-electron chi connectivity index (χ2n) is 1.97. The van der Waals surface area contributed by atoms with Gasteiger partial charge in [0.25, 0.3) is 6.10 Å². The maximum atomic E-state index is 11.5. The van der Waals surface area contributed by atoms with Crippen LogP contribution in [0.4, 0.5) is 26.3 Å². The van der Waals surface area contributed by atoms with Gasteiger partial charge in [0.15, 0.2) is 0 Å². The fourth-order valence-corrected chi connectivity index (χ4v) is 0.866. The van der Waals surface area contributed by atoms with Gasteiger partial charge in [-0.2, -0.15) is 26.3 Å². The van der Waals surface area contributed by atoms with Gasteiger partial charge >= 0.3 is 31.2 Å². The van der Waals surface area contributed by atoms with Gasteiger partial charge in [0.05, 0.1) is 0 Å². The Hall–Kier alpha value is 0.0474. The summed E-state index contributed by atoms with van der Waals surface area (Å²) in [5, 5.41) is 0. The molecule has 0 fully saturated rings. The summed E-state index contributed by atoms with van der Waals surface area (Å²) in [6.07, 6.45) is -16.7. The quantitative estimate of drug-likeness (QED) is 0.246. The molecule has 0 N–H and O–H groups in total. The Morgan fingerprint density at radius 3 is 1.33 bits per heavy atom. The van der Waals surface area contributed by atoms with E-state index in [9.17, 15) is 39.3 Å². The molecule has 0 aliphatic rings. The summed E-state index contributed by atoms with van der Waals surface area (Å²) in [5.74, 6) is 0. The summed E-state index contributed by atoms with van der Waals surface area (Å²) in [7, 11) is -6.08. The molecule has 0 aromatic rings. The summed E-state index contributed by atoms with van der Waals surface area (Å²) in [4.78, 5) is 0. The summed E-state index contributed by atoms with van der Waals surface area (Å²) < 4.78 is 100.0. The molecule has 0 aliphatic carbocycles. The van der Waals surface area contributed by atoms with Gasteiger partial charge in [-0.15, -0.1) is 0 Å². The summed E-state index contributed by atoms with van der Waals surface area (Å²) in [6, 6.07) is 0. The predicted octanol–water partition coefficient (Wildman–Crippen LogP) is -2.04. The van der Waals surface area contributed by atoms with Crippen molar-refractivity contribution in [2.24, 2.45) is 0 Å². The molecule has 4 nitrogen and oxygen atoms in total. The van der Waals surface area contributed by atoms with Gasteiger partial charge < -0.3 is 4.55 Å². The molecular formula is C3HF6LiO4S. The smallest absolute Gasteiger partial charge is 0.726 e. The van der Waals surface area contributed by atoms with E-state index in [-0.39, 0.29) is 18.9 Å². The van der Waals surface area contributed by atoms with Gasteiger partial charge in [0.2, 0.25) is 10.4 Å². The molecule has 0 heterocycles. The van der Waals surface area contributed by atoms with Gasteiger partial charge in [-0.25, -0.2) is 8.42 Å². The zero-order valence-electron chi connectivity index (χ0n) is 6.89. The SMILES string of the molecule is O=S(=O)([O-])OC(C(F)(F)F)C(F)(F)F.[Li+]. The molecule has 0 saturated carbocycles. The molecule has 0 atom stereocenters. The number of hydrogen-bond acceptors (Lipinski definition) is 4. The Morgan fingerprint density at radius 1 is 1.00 bits per heavy atom. The molecule has 0 saturated heterocycles. The molecule has 12 heteroatoms. The third-order valence-electron chi connectivity index (χ3n) is 0.809. The monoisotopic (exact) mass is 254 g/mol. The Balaban J connectivity index is 0. The molecule has 0 aliphatic heterocycles. The van der Waals surface area contributed by atoms with Crippen molar-refractivity contribution in [3.05, 3.63) is 0 Å². The molecule has 0 unspecified atom stereocenters. The average molecular weight is 254 g/mol. The Bertz CT molecular complexity index is 278. The van der Waals surface area contributed by atoms with Crippen molar-refractivity contribution < 1.29 is 62.4 Å². The molecular weight excluding hydrogens is 253 g/mol. The third kappa shape index (κ3) is 7.02. The Labute approximate surface area is 91.7 Å². The van der Waals surface area contributed by atoms with Crippen LogP contribution in [0, 0.1) is 0 Å². The van der Waals surface area contributed by atoms with E-state index in [0.29, 0.717) is 0 Å². The maximum absolute atomic E-state index is 11.5. The van der Waals surface area contributed by atoms with Crippen LogP contribution in [0.2, 0.25) is 0 Å². The Morgan fingerprint density at radius 2 is 1.27 bits per heavy atom. The van der Waals surface area contributed by atoms with Crippen molar-refractivity contribution in [2.45, 2.75) is 18.5 Å². The van der Waals surface area contributed by atoms with Crippen LogP contribution in [0.1, 0.15) is 0 Å². The molecule has 0 bridgehead atoms. The zero-order chi connectivity index (χ0) is 11.8. The van der Waals surface area contributed by atoms with Gasteiger partial charge in [0.1, 0.15) is 0 Å². The minimum absolute atomic E-state index is 0. The van der Waals surface area contributed by atoms with Crippen LogP contribution < -0.4 is 18.9 Å². The number of halogens is 6. The first-order chi connectivity index (χ1) is 5.84. The normalized spacial score (nSPS) is 13.9. The van der Waals surface area contributed by atoms with Crippen molar-refractivity contribution in [3.63, 3.8) is 0 Å². The van der Waals surface area contributed by atoms with Crippen molar-refractivity contribution >= 4 is 10.4 Å². The van der Waals surface area contributed by atoms with E-state index < -0.39 is 28.9 Å². The van der Waals surface area contributed by atoms with E-state index in [4.69, 9.17) is 0 Å². The van der Waals surface area contributed by atoms with Crippen LogP contribution in [-0.4, -0.2) is 31.4 Å². The molecule has 0 spiro atoms. The van der Waals surface area contributed by atoms with Crippen LogP contribution >= 0.6 is 0 Å². The molecule has 0 radical (unpaired) electrons. The fourth-order valence-electron chi connectivity index (χ4n) is 0.413. The molecule has 0 rings (SSSR count). The first-order valence-electron chi connectivity index (χ1n) is 2.61. The van der Waals surface area contributed by atoms with Crippen molar-refractivity contribution in [2.75, 3.05) is 0 Å². The number of rotatable bonds is 2. The van der Waals surface area contributed by atoms with E-state index >= 15 is 0 Å². The number of alkyl halides is 6. The maximum Gasteiger partial charge on any atom is 1.00 e. The molecule has 0 aromatic heterocycles. The standard InChI is InChI=1S/C3H2F6O4S.Li/c4-2(5,6)1(3(7,8)9)13-14(10,11)12;/h1H,(H,10,11,12);/q;+1/p-1. The Kier molecular flexibility index (Phi) is 5.72. The fraction of sp³-hybridized carbons (Fsp3) is 1.00. The van der Waals surface area contributed by atoms with Crippen LogP contribution in [-0.2, 0) is 14.6 Å². The van der Waals surface area contributed by atoms with Gasteiger partial charge in [-0.05, 0) is 0 Å². The van der Waals surface area contributed by atoms with E-state index in [1.807, 2.05) is 0 Å². The van der Waals surface area contributed by atoms with E-state index in [2.05, 4.69) is 4.18 Å². The van der Waals surface area contributed by atoms with Gasteiger partial charge in [0, 0.05) is 0 Å². The number of hydrogen-bond donors (Lipinski definition) is 0. The second kappa shape index (κ2) is 4.92. The summed E-state index contributed by atoms with van der Waals surface area (Å²) in [6.45, 7) is 0. The summed E-state index contributed by atoms with van der Waals surface area (Å²) in [5.41, 5.74) is 0. The molecule has 15 heavy (non-hydrogen) atoms. The predicted molar refractivity (Wildman–Crippen MR) is 26.7 cm³/mol. The van der Waals surface area contributed by atoms with Crippen LogP contribution in [0.25, 0.3) is 0 Å². The minimum atomic E-state index is -6.08. The van der Waals surface area contributed by atoms with Crippen LogP contribution in [0.3, 0.4) is 0 Å². The largest absolute Gasteiger partial charge is 1.00 e.